The van der Waals surface area contributed by atoms with Crippen molar-refractivity contribution < 1.29 is 17.9 Å². The Hall–Kier alpha value is -3.22. The van der Waals surface area contributed by atoms with Gasteiger partial charge in [-0.15, -0.1) is 11.8 Å². The zero-order chi connectivity index (χ0) is 26.1. The van der Waals surface area contributed by atoms with Gasteiger partial charge in [0.1, 0.15) is 10.9 Å². The first kappa shape index (κ1) is 27.4. The number of nitrogens with one attached hydrogen (secondary N) is 1. The number of rotatable bonds is 12. The lowest BCUT2D eigenvalue weighted by molar-refractivity contribution is 0.0509. The summed E-state index contributed by atoms with van der Waals surface area (Å²) in [7, 11) is -3.73. The van der Waals surface area contributed by atoms with Gasteiger partial charge < -0.3 is 9.30 Å². The molecule has 0 aliphatic heterocycles. The van der Waals surface area contributed by atoms with E-state index in [1.54, 1.807) is 19.1 Å². The van der Waals surface area contributed by atoms with Crippen LogP contribution in [0.2, 0.25) is 0 Å². The molecule has 0 atom stereocenters. The van der Waals surface area contributed by atoms with Gasteiger partial charge in [-0.3, -0.25) is 0 Å². The van der Waals surface area contributed by atoms with E-state index < -0.39 is 10.0 Å². The Bertz CT molecular complexity index is 1340. The Labute approximate surface area is 217 Å². The number of hydrogen-bond acceptors (Lipinski definition) is 6. The highest BCUT2D eigenvalue weighted by Crippen LogP contribution is 2.25. The molecule has 0 fully saturated rings. The molecule has 0 bridgehead atoms. The van der Waals surface area contributed by atoms with E-state index in [-0.39, 0.29) is 10.9 Å². The molecule has 1 heterocycles. The fourth-order valence-corrected chi connectivity index (χ4v) is 5.27. The van der Waals surface area contributed by atoms with Crippen molar-refractivity contribution in [3.05, 3.63) is 76.7 Å². The van der Waals surface area contributed by atoms with Gasteiger partial charge in [-0.1, -0.05) is 56.2 Å². The minimum Gasteiger partial charge on any atom is -0.461 e. The molecule has 1 N–H and O–H groups in total. The molecule has 0 aliphatic rings. The second-order valence-electron chi connectivity index (χ2n) is 8.19. The molecule has 7 nitrogen and oxygen atoms in total. The van der Waals surface area contributed by atoms with E-state index in [1.165, 1.54) is 17.8 Å². The number of unbranched alkanes of at least 4 members (excludes halogenated alkanes) is 1. The third-order valence-corrected chi connectivity index (χ3v) is 7.54. The van der Waals surface area contributed by atoms with E-state index in [4.69, 9.17) is 16.1 Å². The monoisotopic (exact) mass is 525 g/mol. The van der Waals surface area contributed by atoms with Gasteiger partial charge in [0.2, 0.25) is 0 Å². The van der Waals surface area contributed by atoms with Crippen LogP contribution in [0.1, 0.15) is 59.7 Å². The first-order valence-electron chi connectivity index (χ1n) is 11.8. The zero-order valence-corrected chi connectivity index (χ0v) is 22.4. The van der Waals surface area contributed by atoms with Crippen molar-refractivity contribution in [2.75, 3.05) is 12.9 Å². The Balaban J connectivity index is 1.84. The van der Waals surface area contributed by atoms with Gasteiger partial charge >= 0.3 is 5.97 Å². The molecule has 3 aromatic rings. The van der Waals surface area contributed by atoms with Gasteiger partial charge in [0, 0.05) is 19.0 Å². The number of esters is 1. The van der Waals surface area contributed by atoms with Crippen molar-refractivity contribution in [3.8, 4) is 12.5 Å². The first-order chi connectivity index (χ1) is 17.3. The fourth-order valence-electron chi connectivity index (χ4n) is 3.85. The molecule has 36 heavy (non-hydrogen) atoms. The molecule has 0 spiro atoms. The zero-order valence-electron chi connectivity index (χ0n) is 20.8. The summed E-state index contributed by atoms with van der Waals surface area (Å²) in [5.74, 6) is 0.523. The predicted octanol–water partition coefficient (Wildman–Crippen LogP) is 4.63. The second-order valence-corrected chi connectivity index (χ2v) is 10.7. The second kappa shape index (κ2) is 12.7. The summed E-state index contributed by atoms with van der Waals surface area (Å²) in [4.78, 5) is 17.6. The van der Waals surface area contributed by atoms with Crippen LogP contribution in [0.3, 0.4) is 0 Å². The van der Waals surface area contributed by atoms with Crippen molar-refractivity contribution in [3.63, 3.8) is 0 Å². The van der Waals surface area contributed by atoms with Gasteiger partial charge in [-0.05, 0) is 54.8 Å². The maximum Gasteiger partial charge on any atom is 0.357 e. The molecule has 0 saturated carbocycles. The molecule has 190 valence electrons. The van der Waals surface area contributed by atoms with Crippen LogP contribution in [0.4, 0.5) is 0 Å². The number of imidazole rings is 1. The van der Waals surface area contributed by atoms with Crippen molar-refractivity contribution in [2.45, 2.75) is 56.0 Å². The average Bonchev–Trinajstić information content (AvgIpc) is 3.21. The number of sulfonamides is 1. The summed E-state index contributed by atoms with van der Waals surface area (Å²) in [6.07, 6.45) is 10.4. The summed E-state index contributed by atoms with van der Waals surface area (Å²) in [6.45, 7) is 4.74. The largest absolute Gasteiger partial charge is 0.461 e. The highest BCUT2D eigenvalue weighted by atomic mass is 32.2. The number of terminal acetylenes is 1. The number of aryl methyl sites for hydroxylation is 1. The average molecular weight is 526 g/mol. The number of ether oxygens (including phenoxy) is 1. The van der Waals surface area contributed by atoms with Gasteiger partial charge in [-0.25, -0.2) is 22.9 Å². The van der Waals surface area contributed by atoms with Crippen molar-refractivity contribution in [2.24, 2.45) is 0 Å². The molecular weight excluding hydrogens is 494 g/mol. The third-order valence-electron chi connectivity index (χ3n) is 5.60. The van der Waals surface area contributed by atoms with Crippen LogP contribution in [-0.4, -0.2) is 36.8 Å². The maximum absolute atomic E-state index is 12.8. The lowest BCUT2D eigenvalue weighted by atomic mass is 10.0. The van der Waals surface area contributed by atoms with E-state index in [9.17, 15) is 13.2 Å². The number of hydrogen-bond donors (Lipinski definition) is 1. The maximum atomic E-state index is 12.8. The highest BCUT2D eigenvalue weighted by molar-refractivity contribution is 7.98. The van der Waals surface area contributed by atoms with Crippen LogP contribution in [0.15, 0.2) is 58.5 Å². The SMILES string of the molecule is C#CNS(=O)(=O)c1cccc(Cc2ccc(Cn3c(CCCC)nc(SC)c3C(=O)OCC)cc2)c1. The first-order valence-corrected chi connectivity index (χ1v) is 14.5. The summed E-state index contributed by atoms with van der Waals surface area (Å²) in [5, 5.41) is 0.685. The van der Waals surface area contributed by atoms with Crippen molar-refractivity contribution in [1.82, 2.24) is 14.3 Å². The highest BCUT2D eigenvalue weighted by Gasteiger charge is 2.24. The van der Waals surface area contributed by atoms with Crippen molar-refractivity contribution >= 4 is 27.8 Å². The van der Waals surface area contributed by atoms with Gasteiger partial charge in [0.25, 0.3) is 10.0 Å². The minimum absolute atomic E-state index is 0.130. The summed E-state index contributed by atoms with van der Waals surface area (Å²) in [6, 6.07) is 16.7. The Morgan fingerprint density at radius 3 is 2.50 bits per heavy atom. The van der Waals surface area contributed by atoms with E-state index in [1.807, 2.05) is 47.2 Å². The summed E-state index contributed by atoms with van der Waals surface area (Å²) < 4.78 is 33.8. The van der Waals surface area contributed by atoms with Crippen molar-refractivity contribution in [1.29, 1.82) is 0 Å². The minimum atomic E-state index is -3.73. The number of nitrogens with zero attached hydrogens (tertiary/aromatic N) is 2. The molecule has 3 rings (SSSR count). The van der Waals surface area contributed by atoms with E-state index in [0.29, 0.717) is 30.3 Å². The van der Waals surface area contributed by atoms with Gasteiger partial charge in [-0.2, -0.15) is 0 Å². The topological polar surface area (TPSA) is 90.3 Å². The van der Waals surface area contributed by atoms with E-state index >= 15 is 0 Å². The van der Waals surface area contributed by atoms with Crippen LogP contribution in [0.5, 0.6) is 0 Å². The normalized spacial score (nSPS) is 11.2. The van der Waals surface area contributed by atoms with Crippen LogP contribution in [0.25, 0.3) is 0 Å². The molecule has 1 aromatic heterocycles. The number of aromatic nitrogens is 2. The lowest BCUT2D eigenvalue weighted by Gasteiger charge is -2.13. The Morgan fingerprint density at radius 1 is 1.14 bits per heavy atom. The quantitative estimate of drug-likeness (QED) is 0.160. The fraction of sp³-hybridized carbons (Fsp3) is 0.333. The Kier molecular flexibility index (Phi) is 9.62. The third kappa shape index (κ3) is 6.71. The number of carbonyl (C=O) groups excluding carboxylic acids is 1. The standard InChI is InChI=1S/C27H31N3O4S2/c1-5-8-12-24-29-26(35-4)25(27(31)34-7-3)30(24)19-21-15-13-20(14-16-21)17-22-10-9-11-23(18-22)36(32,33)28-6-2/h2,9-11,13-16,18,28H,5,7-8,12,17,19H2,1,3-4H3. The molecule has 0 unspecified atom stereocenters. The molecular formula is C27H31N3O4S2. The predicted molar refractivity (Wildman–Crippen MR) is 143 cm³/mol. The lowest BCUT2D eigenvalue weighted by Crippen LogP contribution is -2.18. The summed E-state index contributed by atoms with van der Waals surface area (Å²) >= 11 is 1.45. The smallest absolute Gasteiger partial charge is 0.357 e. The summed E-state index contributed by atoms with van der Waals surface area (Å²) in [5.41, 5.74) is 3.42. The van der Waals surface area contributed by atoms with Crippen LogP contribution >= 0.6 is 11.8 Å². The number of thioether (sulfide) groups is 1. The molecule has 0 radical (unpaired) electrons. The number of benzene rings is 2. The van der Waals surface area contributed by atoms with Gasteiger partial charge in [0.05, 0.1) is 11.5 Å². The van der Waals surface area contributed by atoms with Crippen LogP contribution in [-0.2, 0) is 34.1 Å². The molecule has 2 aromatic carbocycles. The molecule has 0 amide bonds. The van der Waals surface area contributed by atoms with E-state index in [2.05, 4.69) is 11.6 Å². The Morgan fingerprint density at radius 2 is 1.86 bits per heavy atom. The van der Waals surface area contributed by atoms with Crippen LogP contribution in [0, 0.1) is 12.5 Å². The van der Waals surface area contributed by atoms with Gasteiger partial charge in [0.15, 0.2) is 5.69 Å². The molecule has 9 heteroatoms. The number of carbonyl (C=O) groups is 1. The van der Waals surface area contributed by atoms with E-state index in [0.717, 1.165) is 41.8 Å². The molecule has 0 aliphatic carbocycles. The molecule has 0 saturated heterocycles. The van der Waals surface area contributed by atoms with Crippen LogP contribution < -0.4 is 4.72 Å².